The van der Waals surface area contributed by atoms with Gasteiger partial charge in [-0.25, -0.2) is 0 Å². The van der Waals surface area contributed by atoms with Gasteiger partial charge in [0.05, 0.1) is 11.7 Å². The lowest BCUT2D eigenvalue weighted by Gasteiger charge is -2.45. The van der Waals surface area contributed by atoms with E-state index >= 15 is 0 Å². The summed E-state index contributed by atoms with van der Waals surface area (Å²) >= 11 is 0. The molecule has 2 saturated carbocycles. The maximum absolute atomic E-state index is 4.89. The maximum atomic E-state index is 4.89. The van der Waals surface area contributed by atoms with E-state index in [1.165, 1.54) is 44.2 Å². The summed E-state index contributed by atoms with van der Waals surface area (Å²) in [6.45, 7) is 6.88. The van der Waals surface area contributed by atoms with E-state index in [2.05, 4.69) is 34.1 Å². The Morgan fingerprint density at radius 2 is 2.10 bits per heavy atom. The van der Waals surface area contributed by atoms with Crippen molar-refractivity contribution in [2.75, 3.05) is 19.6 Å². The molecule has 0 amide bonds. The van der Waals surface area contributed by atoms with Gasteiger partial charge in [0.1, 0.15) is 0 Å². The van der Waals surface area contributed by atoms with Crippen LogP contribution >= 0.6 is 0 Å². The summed E-state index contributed by atoms with van der Waals surface area (Å²) < 4.78 is 2.24. The summed E-state index contributed by atoms with van der Waals surface area (Å²) in [6.07, 6.45) is 10.4. The van der Waals surface area contributed by atoms with Crippen molar-refractivity contribution in [3.63, 3.8) is 0 Å². The van der Waals surface area contributed by atoms with E-state index in [1.807, 2.05) is 0 Å². The molecular weight excluding hydrogens is 260 g/mol. The molecule has 1 unspecified atom stereocenters. The van der Waals surface area contributed by atoms with Gasteiger partial charge < -0.3 is 5.32 Å². The van der Waals surface area contributed by atoms with Crippen molar-refractivity contribution < 1.29 is 0 Å². The molecule has 1 aromatic heterocycles. The van der Waals surface area contributed by atoms with Crippen LogP contribution < -0.4 is 5.32 Å². The van der Waals surface area contributed by atoms with E-state index in [4.69, 9.17) is 5.10 Å². The first-order chi connectivity index (χ1) is 10.3. The predicted octanol–water partition coefficient (Wildman–Crippen LogP) is 2.57. The lowest BCUT2D eigenvalue weighted by molar-refractivity contribution is 0.0471. The zero-order valence-corrected chi connectivity index (χ0v) is 13.2. The minimum atomic E-state index is 0.343. The Morgan fingerprint density at radius 3 is 2.86 bits per heavy atom. The summed E-state index contributed by atoms with van der Waals surface area (Å²) in [5.41, 5.74) is 1.60. The first-order valence-corrected chi connectivity index (χ1v) is 8.75. The maximum Gasteiger partial charge on any atom is 0.0765 e. The molecule has 2 aliphatic carbocycles. The fourth-order valence-electron chi connectivity index (χ4n) is 4.32. The van der Waals surface area contributed by atoms with E-state index in [-0.39, 0.29) is 0 Å². The molecule has 4 heteroatoms. The van der Waals surface area contributed by atoms with E-state index in [0.717, 1.165) is 32.1 Å². The minimum Gasteiger partial charge on any atom is -0.314 e. The minimum absolute atomic E-state index is 0.343. The molecule has 1 aromatic rings. The van der Waals surface area contributed by atoms with Gasteiger partial charge >= 0.3 is 0 Å². The van der Waals surface area contributed by atoms with Gasteiger partial charge in [0.25, 0.3) is 0 Å². The Hall–Kier alpha value is -0.870. The number of nitrogens with one attached hydrogen (secondary N) is 1. The number of nitrogens with zero attached hydrogens (tertiary/aromatic N) is 3. The average molecular weight is 288 g/mol. The van der Waals surface area contributed by atoms with Crippen molar-refractivity contribution in [1.82, 2.24) is 20.0 Å². The molecule has 3 fully saturated rings. The smallest absolute Gasteiger partial charge is 0.0765 e. The summed E-state index contributed by atoms with van der Waals surface area (Å²) in [7, 11) is 0. The Kier molecular flexibility index (Phi) is 3.54. The highest BCUT2D eigenvalue weighted by atomic mass is 15.3. The second-order valence-electron chi connectivity index (χ2n) is 7.46. The SMILES string of the molecule is CC1(C2CC2)CNCCN1Cc1ccn(C2CCCC2)n1. The molecule has 0 spiro atoms. The van der Waals surface area contributed by atoms with Crippen LogP contribution in [0.3, 0.4) is 0 Å². The van der Waals surface area contributed by atoms with Crippen LogP contribution in [0.5, 0.6) is 0 Å². The molecule has 4 rings (SSSR count). The molecule has 1 saturated heterocycles. The van der Waals surface area contributed by atoms with Crippen molar-refractivity contribution in [3.8, 4) is 0 Å². The molecule has 1 N–H and O–H groups in total. The zero-order valence-electron chi connectivity index (χ0n) is 13.2. The van der Waals surface area contributed by atoms with Gasteiger partial charge in [0.2, 0.25) is 0 Å². The highest BCUT2D eigenvalue weighted by Crippen LogP contribution is 2.44. The second kappa shape index (κ2) is 5.40. The summed E-state index contributed by atoms with van der Waals surface area (Å²) in [4.78, 5) is 2.68. The molecular formula is C17H28N4. The predicted molar refractivity (Wildman–Crippen MR) is 84.1 cm³/mol. The van der Waals surface area contributed by atoms with Crippen LogP contribution in [0.15, 0.2) is 12.3 Å². The molecule has 0 aromatic carbocycles. The van der Waals surface area contributed by atoms with Gasteiger partial charge in [0, 0.05) is 37.9 Å². The van der Waals surface area contributed by atoms with Gasteiger partial charge in [-0.05, 0) is 44.6 Å². The Morgan fingerprint density at radius 1 is 1.29 bits per heavy atom. The largest absolute Gasteiger partial charge is 0.314 e. The van der Waals surface area contributed by atoms with E-state index in [0.29, 0.717) is 11.6 Å². The van der Waals surface area contributed by atoms with Crippen LogP contribution in [0.1, 0.15) is 57.2 Å². The third-order valence-electron chi connectivity index (χ3n) is 5.94. The topological polar surface area (TPSA) is 33.1 Å². The molecule has 2 heterocycles. The lowest BCUT2D eigenvalue weighted by Crippen LogP contribution is -2.60. The van der Waals surface area contributed by atoms with E-state index in [9.17, 15) is 0 Å². The number of hydrogen-bond donors (Lipinski definition) is 1. The molecule has 116 valence electrons. The number of rotatable bonds is 4. The number of aromatic nitrogens is 2. The van der Waals surface area contributed by atoms with Crippen LogP contribution in [0.25, 0.3) is 0 Å². The quantitative estimate of drug-likeness (QED) is 0.924. The molecule has 4 nitrogen and oxygen atoms in total. The number of piperazine rings is 1. The summed E-state index contributed by atoms with van der Waals surface area (Å²) in [6, 6.07) is 2.91. The van der Waals surface area contributed by atoms with Gasteiger partial charge in [-0.15, -0.1) is 0 Å². The van der Waals surface area contributed by atoms with Crippen molar-refractivity contribution >= 4 is 0 Å². The molecule has 0 bridgehead atoms. The summed E-state index contributed by atoms with van der Waals surface area (Å²) in [5.74, 6) is 0.891. The monoisotopic (exact) mass is 288 g/mol. The van der Waals surface area contributed by atoms with Crippen molar-refractivity contribution in [2.45, 2.75) is 63.6 Å². The lowest BCUT2D eigenvalue weighted by atomic mass is 9.91. The average Bonchev–Trinajstić information content (AvgIpc) is 3.02. The van der Waals surface area contributed by atoms with Crippen molar-refractivity contribution in [2.24, 2.45) is 5.92 Å². The standard InChI is InChI=1S/C17H28N4/c1-17(14-6-7-14)13-18-9-11-20(17)12-15-8-10-21(19-15)16-4-2-3-5-16/h8,10,14,16,18H,2-7,9,11-13H2,1H3. The van der Waals surface area contributed by atoms with Crippen molar-refractivity contribution in [3.05, 3.63) is 18.0 Å². The van der Waals surface area contributed by atoms with Gasteiger partial charge in [-0.2, -0.15) is 5.10 Å². The zero-order chi connectivity index (χ0) is 14.3. The number of hydrogen-bond acceptors (Lipinski definition) is 3. The van der Waals surface area contributed by atoms with Gasteiger partial charge in [0.15, 0.2) is 0 Å². The fourth-order valence-corrected chi connectivity index (χ4v) is 4.32. The summed E-state index contributed by atoms with van der Waals surface area (Å²) in [5, 5.41) is 8.48. The highest BCUT2D eigenvalue weighted by molar-refractivity contribution is 5.07. The molecule has 3 aliphatic rings. The molecule has 21 heavy (non-hydrogen) atoms. The molecule has 1 aliphatic heterocycles. The van der Waals surface area contributed by atoms with Crippen LogP contribution in [0.2, 0.25) is 0 Å². The fraction of sp³-hybridized carbons (Fsp3) is 0.824. The molecule has 0 radical (unpaired) electrons. The van der Waals surface area contributed by atoms with Gasteiger partial charge in [-0.3, -0.25) is 9.58 Å². The Balaban J connectivity index is 1.46. The van der Waals surface area contributed by atoms with Crippen LogP contribution in [-0.2, 0) is 6.54 Å². The Labute approximate surface area is 127 Å². The third-order valence-corrected chi connectivity index (χ3v) is 5.94. The Bertz CT molecular complexity index is 487. The van der Waals surface area contributed by atoms with Gasteiger partial charge in [-0.1, -0.05) is 12.8 Å². The van der Waals surface area contributed by atoms with Crippen LogP contribution in [0.4, 0.5) is 0 Å². The normalized spacial score (nSPS) is 31.9. The first-order valence-electron chi connectivity index (χ1n) is 8.75. The van der Waals surface area contributed by atoms with E-state index in [1.54, 1.807) is 0 Å². The second-order valence-corrected chi connectivity index (χ2v) is 7.46. The third kappa shape index (κ3) is 2.64. The van der Waals surface area contributed by atoms with Crippen molar-refractivity contribution in [1.29, 1.82) is 0 Å². The van der Waals surface area contributed by atoms with E-state index < -0.39 is 0 Å². The van der Waals surface area contributed by atoms with Crippen LogP contribution in [-0.4, -0.2) is 39.9 Å². The first kappa shape index (κ1) is 13.8. The molecule has 1 atom stereocenters. The highest BCUT2D eigenvalue weighted by Gasteiger charge is 2.46. The van der Waals surface area contributed by atoms with Crippen LogP contribution in [0, 0.1) is 5.92 Å².